The molecule has 1 fully saturated rings. The predicted octanol–water partition coefficient (Wildman–Crippen LogP) is 3.69. The third-order valence-electron chi connectivity index (χ3n) is 5.51. The third kappa shape index (κ3) is 3.65. The number of hydrogen-bond donors (Lipinski definition) is 0. The highest BCUT2D eigenvalue weighted by Crippen LogP contribution is 2.26. The van der Waals surface area contributed by atoms with Gasteiger partial charge in [-0.05, 0) is 30.5 Å². The van der Waals surface area contributed by atoms with E-state index in [0.29, 0.717) is 11.5 Å². The lowest BCUT2D eigenvalue weighted by molar-refractivity contribution is 0.0777. The lowest BCUT2D eigenvalue weighted by Crippen LogP contribution is -2.33. The molecule has 1 aromatic heterocycles. The van der Waals surface area contributed by atoms with Gasteiger partial charge in [0.1, 0.15) is 5.82 Å². The zero-order valence-corrected chi connectivity index (χ0v) is 16.5. The van der Waals surface area contributed by atoms with Gasteiger partial charge in [-0.1, -0.05) is 36.4 Å². The average molecular weight is 374 g/mol. The van der Waals surface area contributed by atoms with Gasteiger partial charge in [-0.3, -0.25) is 4.79 Å². The van der Waals surface area contributed by atoms with Crippen LogP contribution in [0, 0.1) is 5.92 Å². The van der Waals surface area contributed by atoms with Gasteiger partial charge in [-0.25, -0.2) is 4.98 Å². The molecule has 0 radical (unpaired) electrons. The van der Waals surface area contributed by atoms with E-state index < -0.39 is 0 Å². The van der Waals surface area contributed by atoms with Crippen molar-refractivity contribution in [2.75, 3.05) is 31.6 Å². The number of nitrogens with zero attached hydrogens (tertiary/aromatic N) is 4. The number of para-hydroxylation sites is 1. The van der Waals surface area contributed by atoms with Crippen LogP contribution in [0.3, 0.4) is 0 Å². The lowest BCUT2D eigenvalue weighted by Gasteiger charge is -2.23. The van der Waals surface area contributed by atoms with E-state index in [-0.39, 0.29) is 5.91 Å². The van der Waals surface area contributed by atoms with Crippen molar-refractivity contribution in [2.45, 2.75) is 6.42 Å². The molecule has 1 aliphatic heterocycles. The molecule has 0 aliphatic carbocycles. The predicted molar refractivity (Wildman–Crippen MR) is 112 cm³/mol. The van der Waals surface area contributed by atoms with Crippen molar-refractivity contribution in [2.24, 2.45) is 13.0 Å². The van der Waals surface area contributed by atoms with E-state index >= 15 is 0 Å². The number of anilines is 1. The molecule has 1 aliphatic rings. The van der Waals surface area contributed by atoms with Crippen LogP contribution in [0.2, 0.25) is 0 Å². The maximum atomic E-state index is 13.2. The molecule has 1 amide bonds. The first kappa shape index (κ1) is 18.3. The van der Waals surface area contributed by atoms with E-state index in [2.05, 4.69) is 34.1 Å². The van der Waals surface area contributed by atoms with Crippen LogP contribution in [0.4, 0.5) is 5.69 Å². The minimum Gasteiger partial charge on any atom is -0.371 e. The Balaban J connectivity index is 1.46. The smallest absolute Gasteiger partial charge is 0.254 e. The van der Waals surface area contributed by atoms with E-state index in [1.165, 1.54) is 5.69 Å². The summed E-state index contributed by atoms with van der Waals surface area (Å²) in [5.74, 6) is 1.35. The fraction of sp³-hybridized carbons (Fsp3) is 0.304. The highest BCUT2D eigenvalue weighted by atomic mass is 16.2. The first-order valence-corrected chi connectivity index (χ1v) is 9.75. The molecule has 5 heteroatoms. The molecule has 0 saturated carbocycles. The number of carbonyl (C=O) groups is 1. The zero-order chi connectivity index (χ0) is 19.5. The van der Waals surface area contributed by atoms with E-state index in [1.54, 1.807) is 6.20 Å². The summed E-state index contributed by atoms with van der Waals surface area (Å²) in [4.78, 5) is 21.9. The van der Waals surface area contributed by atoms with Crippen LogP contribution in [0.15, 0.2) is 67.0 Å². The van der Waals surface area contributed by atoms with Crippen LogP contribution in [0.5, 0.6) is 0 Å². The highest BCUT2D eigenvalue weighted by Gasteiger charge is 2.26. The average Bonchev–Trinajstić information content (AvgIpc) is 3.37. The molecule has 0 unspecified atom stereocenters. The van der Waals surface area contributed by atoms with Crippen molar-refractivity contribution in [3.05, 3.63) is 72.6 Å². The van der Waals surface area contributed by atoms with Gasteiger partial charge in [0.05, 0.1) is 5.56 Å². The van der Waals surface area contributed by atoms with Crippen LogP contribution in [-0.4, -0.2) is 47.0 Å². The third-order valence-corrected chi connectivity index (χ3v) is 5.51. The number of carbonyl (C=O) groups excluding carboxylic acids is 1. The summed E-state index contributed by atoms with van der Waals surface area (Å²) in [5.41, 5.74) is 2.85. The molecule has 5 nitrogen and oxygen atoms in total. The fourth-order valence-electron chi connectivity index (χ4n) is 4.02. The van der Waals surface area contributed by atoms with Crippen LogP contribution in [0.1, 0.15) is 16.8 Å². The molecular weight excluding hydrogens is 348 g/mol. The van der Waals surface area contributed by atoms with Gasteiger partial charge in [0.15, 0.2) is 0 Å². The maximum absolute atomic E-state index is 13.2. The number of hydrogen-bond acceptors (Lipinski definition) is 3. The minimum absolute atomic E-state index is 0.0526. The van der Waals surface area contributed by atoms with E-state index in [9.17, 15) is 4.79 Å². The van der Waals surface area contributed by atoms with Crippen LogP contribution in [-0.2, 0) is 7.05 Å². The van der Waals surface area contributed by atoms with Crippen molar-refractivity contribution in [1.82, 2.24) is 14.5 Å². The summed E-state index contributed by atoms with van der Waals surface area (Å²) >= 11 is 0. The number of aromatic nitrogens is 2. The largest absolute Gasteiger partial charge is 0.371 e. The number of benzene rings is 2. The molecule has 0 bridgehead atoms. The van der Waals surface area contributed by atoms with Crippen molar-refractivity contribution in [3.63, 3.8) is 0 Å². The Bertz CT molecular complexity index is 950. The number of rotatable bonds is 5. The first-order chi connectivity index (χ1) is 13.6. The summed E-state index contributed by atoms with van der Waals surface area (Å²) in [6.07, 6.45) is 4.77. The summed E-state index contributed by atoms with van der Waals surface area (Å²) < 4.78 is 1.95. The van der Waals surface area contributed by atoms with Gasteiger partial charge in [-0.15, -0.1) is 0 Å². The second kappa shape index (κ2) is 7.89. The molecular formula is C23H26N4O. The van der Waals surface area contributed by atoms with Crippen molar-refractivity contribution >= 4 is 11.6 Å². The van der Waals surface area contributed by atoms with Crippen molar-refractivity contribution in [1.29, 1.82) is 0 Å². The van der Waals surface area contributed by atoms with E-state index in [1.807, 2.05) is 60.1 Å². The van der Waals surface area contributed by atoms with Gasteiger partial charge >= 0.3 is 0 Å². The molecule has 3 aromatic rings. The molecule has 4 rings (SSSR count). The Labute approximate surface area is 166 Å². The van der Waals surface area contributed by atoms with Gasteiger partial charge in [0.25, 0.3) is 5.91 Å². The molecule has 28 heavy (non-hydrogen) atoms. The monoisotopic (exact) mass is 374 g/mol. The molecule has 1 atom stereocenters. The van der Waals surface area contributed by atoms with E-state index in [4.69, 9.17) is 0 Å². The molecule has 2 aromatic carbocycles. The van der Waals surface area contributed by atoms with Gasteiger partial charge in [-0.2, -0.15) is 0 Å². The topological polar surface area (TPSA) is 41.4 Å². The van der Waals surface area contributed by atoms with Gasteiger partial charge in [0, 0.05) is 57.4 Å². The summed E-state index contributed by atoms with van der Waals surface area (Å²) in [7, 11) is 3.85. The summed E-state index contributed by atoms with van der Waals surface area (Å²) in [5, 5.41) is 0. The minimum atomic E-state index is 0.0526. The standard InChI is InChI=1S/C23H26N4O/c1-25-15-13-24-22(25)20-10-6-7-11-21(20)23(28)26(2)16-18-12-14-27(17-18)19-8-4-3-5-9-19/h3-11,13,15,18H,12,14,16-17H2,1-2H3/t18-/m1/s1. The number of aryl methyl sites for hydroxylation is 1. The van der Waals surface area contributed by atoms with Crippen LogP contribution in [0.25, 0.3) is 11.4 Å². The summed E-state index contributed by atoms with van der Waals surface area (Å²) in [6.45, 7) is 2.79. The van der Waals surface area contributed by atoms with Crippen molar-refractivity contribution < 1.29 is 4.79 Å². The highest BCUT2D eigenvalue weighted by molar-refractivity contribution is 6.00. The fourth-order valence-corrected chi connectivity index (χ4v) is 4.02. The zero-order valence-electron chi connectivity index (χ0n) is 16.5. The first-order valence-electron chi connectivity index (χ1n) is 9.75. The SMILES string of the molecule is CN(C[C@H]1CCN(c2ccccc2)C1)C(=O)c1ccccc1-c1nccn1C. The molecule has 1 saturated heterocycles. The normalized spacial score (nSPS) is 16.4. The molecule has 0 spiro atoms. The molecule has 144 valence electrons. The van der Waals surface area contributed by atoms with Gasteiger partial charge < -0.3 is 14.4 Å². The lowest BCUT2D eigenvalue weighted by atomic mass is 10.0. The van der Waals surface area contributed by atoms with Crippen LogP contribution < -0.4 is 4.90 Å². The van der Waals surface area contributed by atoms with Crippen molar-refractivity contribution in [3.8, 4) is 11.4 Å². The van der Waals surface area contributed by atoms with Crippen LogP contribution >= 0.6 is 0 Å². The number of amides is 1. The van der Waals surface area contributed by atoms with E-state index in [0.717, 1.165) is 37.4 Å². The summed E-state index contributed by atoms with van der Waals surface area (Å²) in [6, 6.07) is 18.2. The Hall–Kier alpha value is -3.08. The number of imidazole rings is 1. The Kier molecular flexibility index (Phi) is 5.15. The Morgan fingerprint density at radius 1 is 1.14 bits per heavy atom. The Morgan fingerprint density at radius 3 is 2.64 bits per heavy atom. The second-order valence-electron chi connectivity index (χ2n) is 7.53. The Morgan fingerprint density at radius 2 is 1.89 bits per heavy atom. The quantitative estimate of drug-likeness (QED) is 0.684. The van der Waals surface area contributed by atoms with Gasteiger partial charge in [0.2, 0.25) is 0 Å². The molecule has 0 N–H and O–H groups in total. The second-order valence-corrected chi connectivity index (χ2v) is 7.53. The molecule has 2 heterocycles. The maximum Gasteiger partial charge on any atom is 0.254 e.